The van der Waals surface area contributed by atoms with Gasteiger partial charge in [-0.1, -0.05) is 29.3 Å². The van der Waals surface area contributed by atoms with Crippen molar-refractivity contribution in [2.45, 2.75) is 13.5 Å². The van der Waals surface area contributed by atoms with Crippen LogP contribution in [0, 0.1) is 0 Å². The van der Waals surface area contributed by atoms with Gasteiger partial charge >= 0.3 is 0 Å². The van der Waals surface area contributed by atoms with Gasteiger partial charge in [-0.2, -0.15) is 4.98 Å². The molecule has 1 aliphatic rings. The summed E-state index contributed by atoms with van der Waals surface area (Å²) in [6.45, 7) is 6.52. The van der Waals surface area contributed by atoms with Crippen LogP contribution in [0.25, 0.3) is 22.2 Å². The minimum absolute atomic E-state index is 0.198. The van der Waals surface area contributed by atoms with Crippen LogP contribution in [0.1, 0.15) is 6.92 Å². The number of rotatable bonds is 5. The maximum absolute atomic E-state index is 13.4. The summed E-state index contributed by atoms with van der Waals surface area (Å²) in [5, 5.41) is 4.85. The Morgan fingerprint density at radius 2 is 1.69 bits per heavy atom. The Morgan fingerprint density at radius 3 is 2.34 bits per heavy atom. The lowest BCUT2D eigenvalue weighted by molar-refractivity contribution is 0.313. The van der Waals surface area contributed by atoms with Gasteiger partial charge in [-0.3, -0.25) is 9.36 Å². The molecule has 180 valence electrons. The van der Waals surface area contributed by atoms with Crippen LogP contribution in [0.4, 0.5) is 17.3 Å². The largest absolute Gasteiger partial charge is 0.369 e. The zero-order valence-electron chi connectivity index (χ0n) is 19.6. The first-order valence-corrected chi connectivity index (χ1v) is 12.4. The molecule has 0 atom stereocenters. The lowest BCUT2D eigenvalue weighted by Crippen LogP contribution is -2.44. The molecule has 35 heavy (non-hydrogen) atoms. The van der Waals surface area contributed by atoms with Gasteiger partial charge in [0.1, 0.15) is 5.65 Å². The van der Waals surface area contributed by atoms with Gasteiger partial charge < -0.3 is 15.1 Å². The molecule has 5 rings (SSSR count). The molecule has 1 aliphatic heterocycles. The van der Waals surface area contributed by atoms with E-state index in [0.717, 1.165) is 37.3 Å². The van der Waals surface area contributed by atoms with Crippen LogP contribution in [0.3, 0.4) is 0 Å². The van der Waals surface area contributed by atoms with Gasteiger partial charge in [-0.05, 0) is 56.4 Å². The van der Waals surface area contributed by atoms with Gasteiger partial charge in [0.05, 0.1) is 15.6 Å². The summed E-state index contributed by atoms with van der Waals surface area (Å²) in [5.41, 5.74) is 3.39. The summed E-state index contributed by atoms with van der Waals surface area (Å²) in [6, 6.07) is 15.2. The molecular weight excluding hydrogens is 483 g/mol. The Balaban J connectivity index is 1.45. The predicted octanol–water partition coefficient (Wildman–Crippen LogP) is 5.28. The highest BCUT2D eigenvalue weighted by atomic mass is 35.5. The Kier molecular flexibility index (Phi) is 6.65. The van der Waals surface area contributed by atoms with Crippen LogP contribution in [-0.2, 0) is 6.54 Å². The van der Waals surface area contributed by atoms with E-state index < -0.39 is 0 Å². The van der Waals surface area contributed by atoms with E-state index in [1.54, 1.807) is 35.0 Å². The minimum Gasteiger partial charge on any atom is -0.369 e. The number of hydrogen-bond acceptors (Lipinski definition) is 6. The fraction of sp³-hybridized carbons (Fsp3) is 0.269. The van der Waals surface area contributed by atoms with Crippen molar-refractivity contribution in [1.29, 1.82) is 0 Å². The summed E-state index contributed by atoms with van der Waals surface area (Å²) < 4.78 is 1.62. The van der Waals surface area contributed by atoms with E-state index in [0.29, 0.717) is 39.3 Å². The Hall–Kier alpha value is -3.13. The van der Waals surface area contributed by atoms with Gasteiger partial charge in [0.2, 0.25) is 5.95 Å². The van der Waals surface area contributed by atoms with Gasteiger partial charge in [-0.15, -0.1) is 0 Å². The average molecular weight is 509 g/mol. The first-order valence-electron chi connectivity index (χ1n) is 11.6. The van der Waals surface area contributed by atoms with Gasteiger partial charge in [0.15, 0.2) is 0 Å². The molecule has 9 heteroatoms. The standard InChI is InChI=1S/C26H26Cl2N6O/c1-3-34-24-17(15-20(25(34)35)23-21(27)5-4-6-22(23)28)16-29-26(31-24)30-18-7-9-19(10-8-18)33-13-11-32(2)12-14-33/h4-10,15-16H,3,11-14H2,1-2H3,(H,29,30,31). The van der Waals surface area contributed by atoms with E-state index in [-0.39, 0.29) is 5.56 Å². The second-order valence-electron chi connectivity index (χ2n) is 8.64. The van der Waals surface area contributed by atoms with Gasteiger partial charge in [0, 0.05) is 61.2 Å². The van der Waals surface area contributed by atoms with Crippen molar-refractivity contribution in [1.82, 2.24) is 19.4 Å². The van der Waals surface area contributed by atoms with Crippen molar-refractivity contribution in [3.05, 3.63) is 75.1 Å². The molecule has 0 saturated carbocycles. The second kappa shape index (κ2) is 9.85. The smallest absolute Gasteiger partial charge is 0.260 e. The molecule has 0 aliphatic carbocycles. The highest BCUT2D eigenvalue weighted by molar-refractivity contribution is 6.39. The Morgan fingerprint density at radius 1 is 1.00 bits per heavy atom. The summed E-state index contributed by atoms with van der Waals surface area (Å²) in [5.74, 6) is 0.426. The minimum atomic E-state index is -0.198. The van der Waals surface area contributed by atoms with Gasteiger partial charge in [-0.25, -0.2) is 4.98 Å². The molecule has 0 bridgehead atoms. The summed E-state index contributed by atoms with van der Waals surface area (Å²) in [4.78, 5) is 27.2. The third-order valence-corrected chi connectivity index (χ3v) is 7.00. The second-order valence-corrected chi connectivity index (χ2v) is 9.45. The van der Waals surface area contributed by atoms with E-state index in [2.05, 4.69) is 44.3 Å². The summed E-state index contributed by atoms with van der Waals surface area (Å²) in [6.07, 6.45) is 1.71. The third kappa shape index (κ3) is 4.72. The van der Waals surface area contributed by atoms with Gasteiger partial charge in [0.25, 0.3) is 5.56 Å². The van der Waals surface area contributed by atoms with Crippen molar-refractivity contribution >= 4 is 51.6 Å². The van der Waals surface area contributed by atoms with Crippen LogP contribution < -0.4 is 15.8 Å². The SMILES string of the molecule is CCn1c(=O)c(-c2c(Cl)cccc2Cl)cc2cnc(Nc3ccc(N4CCN(C)CC4)cc3)nc21. The monoisotopic (exact) mass is 508 g/mol. The van der Waals surface area contributed by atoms with Crippen molar-refractivity contribution < 1.29 is 0 Å². The molecule has 7 nitrogen and oxygen atoms in total. The molecule has 3 heterocycles. The Labute approximate surface area is 213 Å². The summed E-state index contributed by atoms with van der Waals surface area (Å²) >= 11 is 12.8. The van der Waals surface area contributed by atoms with Crippen molar-refractivity contribution in [2.75, 3.05) is 43.4 Å². The average Bonchev–Trinajstić information content (AvgIpc) is 2.85. The topological polar surface area (TPSA) is 66.3 Å². The van der Waals surface area contributed by atoms with Crippen LogP contribution in [0.5, 0.6) is 0 Å². The number of piperazine rings is 1. The lowest BCUT2D eigenvalue weighted by Gasteiger charge is -2.34. The van der Waals surface area contributed by atoms with E-state index in [1.165, 1.54) is 5.69 Å². The molecule has 1 fully saturated rings. The van der Waals surface area contributed by atoms with Crippen LogP contribution in [0.15, 0.2) is 59.5 Å². The van der Waals surface area contributed by atoms with Crippen molar-refractivity contribution in [3.63, 3.8) is 0 Å². The number of nitrogens with zero attached hydrogens (tertiary/aromatic N) is 5. The summed E-state index contributed by atoms with van der Waals surface area (Å²) in [7, 11) is 2.15. The first-order chi connectivity index (χ1) is 16.9. The number of pyridine rings is 1. The number of aryl methyl sites for hydroxylation is 1. The third-order valence-electron chi connectivity index (χ3n) is 6.37. The number of fused-ring (bicyclic) bond motifs is 1. The highest BCUT2D eigenvalue weighted by Crippen LogP contribution is 2.34. The number of nitrogens with one attached hydrogen (secondary N) is 1. The number of halogens is 2. The predicted molar refractivity (Wildman–Crippen MR) is 144 cm³/mol. The lowest BCUT2D eigenvalue weighted by atomic mass is 10.1. The van der Waals surface area contributed by atoms with E-state index >= 15 is 0 Å². The van der Waals surface area contributed by atoms with Crippen LogP contribution in [0.2, 0.25) is 10.0 Å². The van der Waals surface area contributed by atoms with E-state index in [9.17, 15) is 4.79 Å². The zero-order valence-corrected chi connectivity index (χ0v) is 21.1. The maximum Gasteiger partial charge on any atom is 0.260 e. The number of aromatic nitrogens is 3. The Bertz CT molecular complexity index is 1410. The molecule has 2 aromatic carbocycles. The first kappa shape index (κ1) is 23.6. The van der Waals surface area contributed by atoms with Crippen LogP contribution in [-0.4, -0.2) is 52.7 Å². The molecule has 1 N–H and O–H groups in total. The quantitative estimate of drug-likeness (QED) is 0.395. The fourth-order valence-corrected chi connectivity index (χ4v) is 5.00. The molecule has 0 unspecified atom stereocenters. The fourth-order valence-electron chi connectivity index (χ4n) is 4.40. The molecular formula is C26H26Cl2N6O. The maximum atomic E-state index is 13.4. The highest BCUT2D eigenvalue weighted by Gasteiger charge is 2.17. The van der Waals surface area contributed by atoms with Crippen molar-refractivity contribution in [3.8, 4) is 11.1 Å². The van der Waals surface area contributed by atoms with E-state index in [1.807, 2.05) is 19.1 Å². The number of anilines is 3. The molecule has 4 aromatic rings. The zero-order chi connectivity index (χ0) is 24.5. The number of benzene rings is 2. The molecule has 2 aromatic heterocycles. The molecule has 0 amide bonds. The molecule has 0 radical (unpaired) electrons. The van der Waals surface area contributed by atoms with Crippen molar-refractivity contribution in [2.24, 2.45) is 0 Å². The van der Waals surface area contributed by atoms with Crippen LogP contribution >= 0.6 is 23.2 Å². The normalized spacial score (nSPS) is 14.5. The molecule has 0 spiro atoms. The molecule has 1 saturated heterocycles. The number of likely N-dealkylation sites (N-methyl/N-ethyl adjacent to an activating group) is 1. The number of hydrogen-bond donors (Lipinski definition) is 1. The van der Waals surface area contributed by atoms with E-state index in [4.69, 9.17) is 23.2 Å².